The highest BCUT2D eigenvalue weighted by atomic mass is 16.5. The molecule has 2 aliphatic heterocycles. The van der Waals surface area contributed by atoms with Gasteiger partial charge in [-0.15, -0.1) is 0 Å². The number of hydrogen-bond acceptors (Lipinski definition) is 4. The third-order valence-corrected chi connectivity index (χ3v) is 6.28. The summed E-state index contributed by atoms with van der Waals surface area (Å²) in [6.07, 6.45) is 7.54. The highest BCUT2D eigenvalue weighted by molar-refractivity contribution is 6.22. The van der Waals surface area contributed by atoms with Gasteiger partial charge in [0.1, 0.15) is 6.10 Å². The van der Waals surface area contributed by atoms with E-state index < -0.39 is 0 Å². The molecule has 0 bridgehead atoms. The topological polar surface area (TPSA) is 49.8 Å². The molecule has 0 aromatic heterocycles. The van der Waals surface area contributed by atoms with Gasteiger partial charge >= 0.3 is 0 Å². The number of aliphatic hydroxyl groups is 1. The summed E-state index contributed by atoms with van der Waals surface area (Å²) >= 11 is 0. The van der Waals surface area contributed by atoms with E-state index in [2.05, 4.69) is 4.90 Å². The predicted molar refractivity (Wildman–Crippen MR) is 101 cm³/mol. The lowest BCUT2D eigenvalue weighted by Crippen LogP contribution is -2.52. The summed E-state index contributed by atoms with van der Waals surface area (Å²) in [7, 11) is 0. The van der Waals surface area contributed by atoms with Gasteiger partial charge in [0.05, 0.1) is 23.9 Å². The van der Waals surface area contributed by atoms with Gasteiger partial charge in [-0.3, -0.25) is 4.79 Å². The van der Waals surface area contributed by atoms with E-state index in [1.165, 1.54) is 25.7 Å². The standard InChI is InChI=1S/C22H29NO3/c24-20-11-10-17-21(25)19(16-8-4-3-5-9-16)15-26-22(17)18(20)14-23-12-6-1-2-7-13-23/h3-5,8-9,15,17-18,20,22,24H,1-2,6-7,10-14H2. The van der Waals surface area contributed by atoms with Gasteiger partial charge in [-0.05, 0) is 44.3 Å². The predicted octanol–water partition coefficient (Wildman–Crippen LogP) is 3.26. The molecule has 0 amide bonds. The van der Waals surface area contributed by atoms with Crippen LogP contribution in [0.5, 0.6) is 0 Å². The maximum atomic E-state index is 13.1. The third-order valence-electron chi connectivity index (χ3n) is 6.28. The number of aliphatic hydroxyl groups excluding tert-OH is 1. The highest BCUT2D eigenvalue weighted by Crippen LogP contribution is 2.39. The molecule has 4 heteroatoms. The second-order valence-corrected chi connectivity index (χ2v) is 7.99. The summed E-state index contributed by atoms with van der Waals surface area (Å²) in [6, 6.07) is 9.76. The number of ether oxygens (including phenoxy) is 1. The molecule has 4 unspecified atom stereocenters. The first kappa shape index (κ1) is 17.7. The van der Waals surface area contributed by atoms with Crippen LogP contribution in [0.25, 0.3) is 5.57 Å². The van der Waals surface area contributed by atoms with Crippen LogP contribution < -0.4 is 0 Å². The lowest BCUT2D eigenvalue weighted by Gasteiger charge is -2.43. The van der Waals surface area contributed by atoms with E-state index in [9.17, 15) is 9.90 Å². The number of nitrogens with zero attached hydrogens (tertiary/aromatic N) is 1. The molecule has 1 aromatic rings. The van der Waals surface area contributed by atoms with E-state index in [1.807, 2.05) is 30.3 Å². The first-order valence-electron chi connectivity index (χ1n) is 10.1. The number of hydrogen-bond donors (Lipinski definition) is 1. The maximum absolute atomic E-state index is 13.1. The number of Topliss-reactive ketones (excluding diaryl/α,β-unsaturated/α-hetero) is 1. The summed E-state index contributed by atoms with van der Waals surface area (Å²) in [4.78, 5) is 15.6. The monoisotopic (exact) mass is 355 g/mol. The molecule has 0 spiro atoms. The Labute approximate surface area is 155 Å². The number of benzene rings is 1. The van der Waals surface area contributed by atoms with Gasteiger partial charge in [0.2, 0.25) is 0 Å². The first-order valence-corrected chi connectivity index (χ1v) is 10.1. The van der Waals surface area contributed by atoms with Crippen molar-refractivity contribution in [2.75, 3.05) is 19.6 Å². The minimum absolute atomic E-state index is 0.0179. The fourth-order valence-corrected chi connectivity index (χ4v) is 4.80. The van der Waals surface area contributed by atoms with Gasteiger partial charge in [0, 0.05) is 12.5 Å². The van der Waals surface area contributed by atoms with Gasteiger partial charge in [-0.25, -0.2) is 0 Å². The third kappa shape index (κ3) is 3.58. The Bertz CT molecular complexity index is 649. The fourth-order valence-electron chi connectivity index (χ4n) is 4.80. The summed E-state index contributed by atoms with van der Waals surface area (Å²) in [5.74, 6) is 0.0696. The second kappa shape index (κ2) is 7.93. The number of ketones is 1. The molecule has 1 aliphatic carbocycles. The number of allylic oxidation sites excluding steroid dienone is 1. The SMILES string of the molecule is O=C1C(c2ccccc2)=COC2C1CCC(O)C2CN1CCCCCC1. The molecule has 26 heavy (non-hydrogen) atoms. The molecule has 2 heterocycles. The minimum atomic E-state index is -0.376. The van der Waals surface area contributed by atoms with Gasteiger partial charge < -0.3 is 14.7 Å². The molecule has 2 fully saturated rings. The fraction of sp³-hybridized carbons (Fsp3) is 0.591. The molecule has 0 radical (unpaired) electrons. The van der Waals surface area contributed by atoms with Crippen molar-refractivity contribution < 1.29 is 14.6 Å². The van der Waals surface area contributed by atoms with Crippen LogP contribution in [0.2, 0.25) is 0 Å². The lowest BCUT2D eigenvalue weighted by atomic mass is 9.72. The summed E-state index contributed by atoms with van der Waals surface area (Å²) < 4.78 is 6.11. The van der Waals surface area contributed by atoms with Crippen LogP contribution in [-0.4, -0.2) is 47.6 Å². The molecule has 1 saturated heterocycles. The summed E-state index contributed by atoms with van der Waals surface area (Å²) in [5, 5.41) is 10.6. The Balaban J connectivity index is 1.53. The van der Waals surface area contributed by atoms with Gasteiger partial charge in [-0.2, -0.15) is 0 Å². The number of carbonyl (C=O) groups is 1. The van der Waals surface area contributed by atoms with Gasteiger partial charge in [-0.1, -0.05) is 43.2 Å². The maximum Gasteiger partial charge on any atom is 0.173 e. The van der Waals surface area contributed by atoms with Crippen molar-refractivity contribution in [3.05, 3.63) is 42.2 Å². The summed E-state index contributed by atoms with van der Waals surface area (Å²) in [6.45, 7) is 3.03. The molecular weight excluding hydrogens is 326 g/mol. The highest BCUT2D eigenvalue weighted by Gasteiger charge is 2.46. The van der Waals surface area contributed by atoms with E-state index in [0.29, 0.717) is 18.4 Å². The first-order chi connectivity index (χ1) is 12.7. The number of fused-ring (bicyclic) bond motifs is 1. The molecule has 4 nitrogen and oxygen atoms in total. The van der Waals surface area contributed by atoms with Crippen LogP contribution in [0.15, 0.2) is 36.6 Å². The molecule has 4 rings (SSSR count). The zero-order chi connectivity index (χ0) is 17.9. The van der Waals surface area contributed by atoms with Crippen molar-refractivity contribution in [3.63, 3.8) is 0 Å². The van der Waals surface area contributed by atoms with Crippen molar-refractivity contribution >= 4 is 11.4 Å². The Hall–Kier alpha value is -1.65. The van der Waals surface area contributed by atoms with Crippen LogP contribution in [0.1, 0.15) is 44.1 Å². The largest absolute Gasteiger partial charge is 0.496 e. The van der Waals surface area contributed by atoms with Crippen LogP contribution in [0.4, 0.5) is 0 Å². The van der Waals surface area contributed by atoms with Crippen molar-refractivity contribution in [2.45, 2.75) is 50.7 Å². The number of rotatable bonds is 3. The van der Waals surface area contributed by atoms with Crippen molar-refractivity contribution in [1.82, 2.24) is 4.90 Å². The van der Waals surface area contributed by atoms with Gasteiger partial charge in [0.25, 0.3) is 0 Å². The quantitative estimate of drug-likeness (QED) is 0.904. The van der Waals surface area contributed by atoms with Crippen molar-refractivity contribution in [1.29, 1.82) is 0 Å². The Morgan fingerprint density at radius 3 is 2.50 bits per heavy atom. The molecule has 1 aromatic carbocycles. The van der Waals surface area contributed by atoms with Crippen LogP contribution in [0.3, 0.4) is 0 Å². The average molecular weight is 355 g/mol. The Morgan fingerprint density at radius 2 is 1.77 bits per heavy atom. The molecule has 3 aliphatic rings. The second-order valence-electron chi connectivity index (χ2n) is 7.99. The smallest absolute Gasteiger partial charge is 0.173 e. The molecular formula is C22H29NO3. The minimum Gasteiger partial charge on any atom is -0.496 e. The zero-order valence-electron chi connectivity index (χ0n) is 15.3. The molecule has 1 N–H and O–H groups in total. The van der Waals surface area contributed by atoms with E-state index >= 15 is 0 Å². The van der Waals surface area contributed by atoms with E-state index in [1.54, 1.807) is 6.26 Å². The van der Waals surface area contributed by atoms with E-state index in [4.69, 9.17) is 4.74 Å². The molecule has 1 saturated carbocycles. The summed E-state index contributed by atoms with van der Waals surface area (Å²) in [5.41, 5.74) is 1.60. The normalized spacial score (nSPS) is 33.0. The van der Waals surface area contributed by atoms with Gasteiger partial charge in [0.15, 0.2) is 5.78 Å². The zero-order valence-corrected chi connectivity index (χ0v) is 15.3. The lowest BCUT2D eigenvalue weighted by molar-refractivity contribution is -0.133. The van der Waals surface area contributed by atoms with Crippen LogP contribution in [0, 0.1) is 11.8 Å². The molecule has 140 valence electrons. The van der Waals surface area contributed by atoms with Crippen LogP contribution >= 0.6 is 0 Å². The number of likely N-dealkylation sites (tertiary alicyclic amines) is 1. The average Bonchev–Trinajstić information content (AvgIpc) is 2.94. The Kier molecular flexibility index (Phi) is 5.41. The van der Waals surface area contributed by atoms with E-state index in [0.717, 1.165) is 25.2 Å². The Morgan fingerprint density at radius 1 is 1.04 bits per heavy atom. The van der Waals surface area contributed by atoms with Crippen molar-refractivity contribution in [3.8, 4) is 0 Å². The molecule has 4 atom stereocenters. The van der Waals surface area contributed by atoms with E-state index in [-0.39, 0.29) is 29.8 Å². The number of carbonyl (C=O) groups excluding carboxylic acids is 1. The van der Waals surface area contributed by atoms with Crippen LogP contribution in [-0.2, 0) is 9.53 Å². The van der Waals surface area contributed by atoms with Crippen molar-refractivity contribution in [2.24, 2.45) is 11.8 Å².